The first-order chi connectivity index (χ1) is 10.9. The highest BCUT2D eigenvalue weighted by Gasteiger charge is 2.38. The summed E-state index contributed by atoms with van der Waals surface area (Å²) < 4.78 is 29.2. The Kier molecular flexibility index (Phi) is 4.18. The number of sulfone groups is 1. The molecule has 2 fully saturated rings. The lowest BCUT2D eigenvalue weighted by atomic mass is 10.1. The van der Waals surface area contributed by atoms with E-state index in [1.165, 1.54) is 18.2 Å². The number of furan rings is 1. The van der Waals surface area contributed by atoms with E-state index in [1.54, 1.807) is 6.07 Å². The fourth-order valence-electron chi connectivity index (χ4n) is 2.95. The second-order valence-electron chi connectivity index (χ2n) is 6.12. The standard InChI is InChI=1S/C15H20N2O5S/c1-16-13(18)8-11-9-23(20,21)7-5-17(11)15(19)12-4-6-22-14(12)10-2-3-10/h4,6,10-11H,2-3,5,7-9H2,1H3,(H,16,18). The summed E-state index contributed by atoms with van der Waals surface area (Å²) in [5.74, 6) is 0.198. The first-order valence-corrected chi connectivity index (χ1v) is 9.53. The molecule has 2 aliphatic rings. The van der Waals surface area contributed by atoms with Crippen LogP contribution in [-0.2, 0) is 14.6 Å². The summed E-state index contributed by atoms with van der Waals surface area (Å²) in [7, 11) is -1.74. The Morgan fingerprint density at radius 1 is 1.39 bits per heavy atom. The minimum atomic E-state index is -3.23. The molecule has 126 valence electrons. The number of carbonyl (C=O) groups excluding carboxylic acids is 2. The first-order valence-electron chi connectivity index (χ1n) is 7.70. The summed E-state index contributed by atoms with van der Waals surface area (Å²) in [6.45, 7) is 0.109. The molecule has 1 aromatic rings. The third kappa shape index (κ3) is 3.41. The molecule has 1 saturated heterocycles. The number of amides is 2. The van der Waals surface area contributed by atoms with Crippen LogP contribution < -0.4 is 5.32 Å². The van der Waals surface area contributed by atoms with E-state index in [0.29, 0.717) is 11.3 Å². The lowest BCUT2D eigenvalue weighted by Crippen LogP contribution is -2.52. The van der Waals surface area contributed by atoms with Gasteiger partial charge in [-0.25, -0.2) is 8.42 Å². The lowest BCUT2D eigenvalue weighted by molar-refractivity contribution is -0.121. The largest absolute Gasteiger partial charge is 0.468 e. The predicted octanol–water partition coefficient (Wildman–Crippen LogP) is 0.532. The molecule has 0 aromatic carbocycles. The number of carbonyl (C=O) groups is 2. The Morgan fingerprint density at radius 2 is 2.13 bits per heavy atom. The molecule has 7 nitrogen and oxygen atoms in total. The summed E-state index contributed by atoms with van der Waals surface area (Å²) in [5.41, 5.74) is 0.494. The van der Waals surface area contributed by atoms with Gasteiger partial charge in [0.15, 0.2) is 9.84 Å². The molecule has 2 amide bonds. The molecule has 23 heavy (non-hydrogen) atoms. The van der Waals surface area contributed by atoms with E-state index in [9.17, 15) is 18.0 Å². The molecular formula is C15H20N2O5S. The molecule has 1 aliphatic heterocycles. The minimum absolute atomic E-state index is 0.0158. The smallest absolute Gasteiger partial charge is 0.257 e. The van der Waals surface area contributed by atoms with Gasteiger partial charge in [0, 0.05) is 25.9 Å². The summed E-state index contributed by atoms with van der Waals surface area (Å²) in [5, 5.41) is 2.48. The summed E-state index contributed by atoms with van der Waals surface area (Å²) >= 11 is 0. The fourth-order valence-corrected chi connectivity index (χ4v) is 4.48. The maximum Gasteiger partial charge on any atom is 0.257 e. The lowest BCUT2D eigenvalue weighted by Gasteiger charge is -2.35. The average Bonchev–Trinajstić information content (AvgIpc) is 3.23. The van der Waals surface area contributed by atoms with Crippen molar-refractivity contribution < 1.29 is 22.4 Å². The SMILES string of the molecule is CNC(=O)CC1CS(=O)(=O)CCN1C(=O)c1ccoc1C1CC1. The molecule has 0 spiro atoms. The van der Waals surface area contributed by atoms with Crippen molar-refractivity contribution in [1.82, 2.24) is 10.2 Å². The molecule has 0 bridgehead atoms. The molecule has 1 aromatic heterocycles. The predicted molar refractivity (Wildman–Crippen MR) is 82.8 cm³/mol. The van der Waals surface area contributed by atoms with Crippen molar-refractivity contribution in [3.63, 3.8) is 0 Å². The highest BCUT2D eigenvalue weighted by atomic mass is 32.2. The second kappa shape index (κ2) is 5.99. The van der Waals surface area contributed by atoms with E-state index >= 15 is 0 Å². The van der Waals surface area contributed by atoms with E-state index in [4.69, 9.17) is 4.42 Å². The van der Waals surface area contributed by atoms with E-state index < -0.39 is 15.9 Å². The van der Waals surface area contributed by atoms with Crippen molar-refractivity contribution in [3.05, 3.63) is 23.7 Å². The molecule has 3 rings (SSSR count). The van der Waals surface area contributed by atoms with Gasteiger partial charge in [-0.05, 0) is 18.9 Å². The highest BCUT2D eigenvalue weighted by molar-refractivity contribution is 7.91. The van der Waals surface area contributed by atoms with E-state index in [0.717, 1.165) is 12.8 Å². The average molecular weight is 340 g/mol. The zero-order valence-corrected chi connectivity index (χ0v) is 13.8. The van der Waals surface area contributed by atoms with Gasteiger partial charge in [0.05, 0.1) is 29.4 Å². The van der Waals surface area contributed by atoms with Crippen LogP contribution >= 0.6 is 0 Å². The Balaban J connectivity index is 1.84. The Labute approximate surface area is 134 Å². The Hall–Kier alpha value is -1.83. The molecule has 0 radical (unpaired) electrons. The molecule has 2 heterocycles. The summed E-state index contributed by atoms with van der Waals surface area (Å²) in [6, 6.07) is 0.999. The van der Waals surface area contributed by atoms with Gasteiger partial charge in [-0.15, -0.1) is 0 Å². The van der Waals surface area contributed by atoms with Crippen LogP contribution in [0.4, 0.5) is 0 Å². The van der Waals surface area contributed by atoms with Gasteiger partial charge in [0.1, 0.15) is 5.76 Å². The molecule has 1 saturated carbocycles. The third-order valence-electron chi connectivity index (χ3n) is 4.36. The van der Waals surface area contributed by atoms with Crippen LogP contribution in [0.1, 0.15) is 41.3 Å². The zero-order valence-electron chi connectivity index (χ0n) is 12.9. The van der Waals surface area contributed by atoms with Crippen LogP contribution in [0.2, 0.25) is 0 Å². The topological polar surface area (TPSA) is 96.7 Å². The van der Waals surface area contributed by atoms with Gasteiger partial charge in [-0.3, -0.25) is 9.59 Å². The van der Waals surface area contributed by atoms with Crippen molar-refractivity contribution in [2.45, 2.75) is 31.2 Å². The van der Waals surface area contributed by atoms with Crippen LogP contribution in [0, 0.1) is 0 Å². The molecule has 8 heteroatoms. The summed E-state index contributed by atoms with van der Waals surface area (Å²) in [6.07, 6.45) is 3.49. The minimum Gasteiger partial charge on any atom is -0.468 e. The zero-order chi connectivity index (χ0) is 16.6. The molecule has 1 unspecified atom stereocenters. The molecule has 1 N–H and O–H groups in total. The fraction of sp³-hybridized carbons (Fsp3) is 0.600. The third-order valence-corrected chi connectivity index (χ3v) is 6.06. The van der Waals surface area contributed by atoms with Gasteiger partial charge in [-0.2, -0.15) is 0 Å². The van der Waals surface area contributed by atoms with Crippen molar-refractivity contribution in [1.29, 1.82) is 0 Å². The molecule has 1 aliphatic carbocycles. The maximum absolute atomic E-state index is 12.8. The van der Waals surface area contributed by atoms with Gasteiger partial charge in [0.25, 0.3) is 5.91 Å². The Bertz CT molecular complexity index is 720. The Morgan fingerprint density at radius 3 is 2.78 bits per heavy atom. The number of nitrogens with zero attached hydrogens (tertiary/aromatic N) is 1. The molecule has 1 atom stereocenters. The van der Waals surface area contributed by atoms with Crippen molar-refractivity contribution in [3.8, 4) is 0 Å². The number of nitrogens with one attached hydrogen (secondary N) is 1. The van der Waals surface area contributed by atoms with Crippen LogP contribution in [-0.4, -0.2) is 56.3 Å². The van der Waals surface area contributed by atoms with Gasteiger partial charge >= 0.3 is 0 Å². The van der Waals surface area contributed by atoms with Crippen LogP contribution in [0.3, 0.4) is 0 Å². The first kappa shape index (κ1) is 16.0. The summed E-state index contributed by atoms with van der Waals surface area (Å²) in [4.78, 5) is 26.0. The van der Waals surface area contributed by atoms with Gasteiger partial charge in [0.2, 0.25) is 5.91 Å². The maximum atomic E-state index is 12.8. The second-order valence-corrected chi connectivity index (χ2v) is 8.35. The van der Waals surface area contributed by atoms with Crippen LogP contribution in [0.5, 0.6) is 0 Å². The van der Waals surface area contributed by atoms with Crippen LogP contribution in [0.25, 0.3) is 0 Å². The quantitative estimate of drug-likeness (QED) is 0.862. The van der Waals surface area contributed by atoms with Crippen LogP contribution in [0.15, 0.2) is 16.7 Å². The number of rotatable bonds is 4. The van der Waals surface area contributed by atoms with E-state index in [1.807, 2.05) is 0 Å². The molecular weight excluding hydrogens is 320 g/mol. The highest BCUT2D eigenvalue weighted by Crippen LogP contribution is 2.42. The van der Waals surface area contributed by atoms with Crippen molar-refractivity contribution in [2.24, 2.45) is 0 Å². The monoisotopic (exact) mass is 340 g/mol. The van der Waals surface area contributed by atoms with Crippen molar-refractivity contribution >= 4 is 21.7 Å². The van der Waals surface area contributed by atoms with Gasteiger partial charge < -0.3 is 14.6 Å². The van der Waals surface area contributed by atoms with E-state index in [-0.39, 0.29) is 42.2 Å². The van der Waals surface area contributed by atoms with Crippen molar-refractivity contribution in [2.75, 3.05) is 25.1 Å². The van der Waals surface area contributed by atoms with E-state index in [2.05, 4.69) is 5.32 Å². The number of hydrogen-bond donors (Lipinski definition) is 1. The number of hydrogen-bond acceptors (Lipinski definition) is 5. The van der Waals surface area contributed by atoms with Gasteiger partial charge in [-0.1, -0.05) is 0 Å². The normalized spacial score (nSPS) is 23.5.